The molecule has 1 aromatic heterocycles. The van der Waals surface area contributed by atoms with Gasteiger partial charge in [0.25, 0.3) is 0 Å². The Morgan fingerprint density at radius 1 is 1.07 bits per heavy atom. The Balaban J connectivity index is 0.00000300. The van der Waals surface area contributed by atoms with Crippen LogP contribution < -0.4 is 15.8 Å². The summed E-state index contributed by atoms with van der Waals surface area (Å²) in [6, 6.07) is 13.0. The molecule has 0 aliphatic heterocycles. The fraction of sp³-hybridized carbons (Fsp3) is 0.0526. The predicted octanol–water partition coefficient (Wildman–Crippen LogP) is 2.06. The van der Waals surface area contributed by atoms with Crippen molar-refractivity contribution in [2.24, 2.45) is 5.73 Å². The van der Waals surface area contributed by atoms with Crippen LogP contribution in [0, 0.1) is 5.41 Å². The normalized spacial score (nSPS) is 10.1. The van der Waals surface area contributed by atoms with Crippen molar-refractivity contribution >= 4 is 46.9 Å². The molecule has 150 valence electrons. The van der Waals surface area contributed by atoms with Gasteiger partial charge in [-0.3, -0.25) is 10.2 Å². The van der Waals surface area contributed by atoms with Gasteiger partial charge in [-0.1, -0.05) is 18.2 Å². The van der Waals surface area contributed by atoms with Crippen LogP contribution in [0.2, 0.25) is 0 Å². The van der Waals surface area contributed by atoms with Crippen molar-refractivity contribution < 1.29 is 28.6 Å². The molecule has 0 saturated carbocycles. The molecule has 0 bridgehead atoms. The van der Waals surface area contributed by atoms with Gasteiger partial charge in [-0.15, -0.1) is 12.4 Å². The van der Waals surface area contributed by atoms with Gasteiger partial charge in [0.1, 0.15) is 17.3 Å². The molecular weight excluding hydrogens is 402 g/mol. The van der Waals surface area contributed by atoms with Crippen LogP contribution in [-0.2, 0) is 16.1 Å². The zero-order valence-corrected chi connectivity index (χ0v) is 15.6. The Labute approximate surface area is 170 Å². The molecule has 0 atom stereocenters. The summed E-state index contributed by atoms with van der Waals surface area (Å²) in [4.78, 5) is 33.7. The first-order valence-electron chi connectivity index (χ1n) is 8.04. The monoisotopic (exact) mass is 417 g/mol. The molecule has 5 N–H and O–H groups in total. The number of hydrogen-bond acceptors (Lipinski definition) is 6. The Morgan fingerprint density at radius 3 is 2.45 bits per heavy atom. The highest BCUT2D eigenvalue weighted by molar-refractivity contribution is 6.31. The van der Waals surface area contributed by atoms with Crippen molar-refractivity contribution in [3.05, 3.63) is 65.6 Å². The van der Waals surface area contributed by atoms with E-state index in [0.29, 0.717) is 11.3 Å². The average molecular weight is 418 g/mol. The number of hydrogen-bond donors (Lipinski definition) is 4. The Kier molecular flexibility index (Phi) is 6.58. The molecule has 0 unspecified atom stereocenters. The summed E-state index contributed by atoms with van der Waals surface area (Å²) in [7, 11) is 0. The maximum absolute atomic E-state index is 12.2. The van der Waals surface area contributed by atoms with Crippen LogP contribution in [0.3, 0.4) is 0 Å². The molecule has 2 aromatic carbocycles. The van der Waals surface area contributed by atoms with Gasteiger partial charge < -0.3 is 25.3 Å². The van der Waals surface area contributed by atoms with Crippen LogP contribution in [0.25, 0.3) is 10.8 Å². The molecule has 0 spiro atoms. The third-order valence-corrected chi connectivity index (χ3v) is 3.81. The number of amidine groups is 1. The number of furan rings is 1. The first-order chi connectivity index (χ1) is 13.3. The third kappa shape index (κ3) is 5.11. The van der Waals surface area contributed by atoms with Crippen molar-refractivity contribution in [3.63, 3.8) is 0 Å². The molecule has 10 heteroatoms. The van der Waals surface area contributed by atoms with Gasteiger partial charge in [-0.05, 0) is 41.1 Å². The molecule has 0 aliphatic carbocycles. The van der Waals surface area contributed by atoms with Gasteiger partial charge in [-0.25, -0.2) is 9.59 Å². The van der Waals surface area contributed by atoms with E-state index in [2.05, 4.69) is 5.32 Å². The largest absolute Gasteiger partial charge is 0.474 e. The average Bonchev–Trinajstić information content (AvgIpc) is 3.14. The number of fused-ring (bicyclic) bond motifs is 1. The SMILES string of the molecule is Cl.N=C(N)c1ccc2cc(OC(=O)c3ccc(CNC(=O)C(=O)O)o3)ccc2c1. The van der Waals surface area contributed by atoms with E-state index in [9.17, 15) is 14.4 Å². The minimum atomic E-state index is -1.61. The van der Waals surface area contributed by atoms with E-state index in [1.54, 1.807) is 36.4 Å². The molecule has 0 saturated heterocycles. The van der Waals surface area contributed by atoms with Crippen LogP contribution in [0.4, 0.5) is 0 Å². The number of aliphatic carboxylic acids is 1. The number of halogens is 1. The summed E-state index contributed by atoms with van der Waals surface area (Å²) in [5, 5.41) is 19.7. The van der Waals surface area contributed by atoms with E-state index < -0.39 is 17.8 Å². The molecule has 9 nitrogen and oxygen atoms in total. The number of ether oxygens (including phenoxy) is 1. The number of nitrogens with two attached hydrogens (primary N) is 1. The molecule has 3 rings (SSSR count). The lowest BCUT2D eigenvalue weighted by Gasteiger charge is -2.06. The maximum Gasteiger partial charge on any atom is 0.394 e. The molecule has 1 amide bonds. The fourth-order valence-electron chi connectivity index (χ4n) is 2.44. The van der Waals surface area contributed by atoms with E-state index in [0.717, 1.165) is 10.8 Å². The predicted molar refractivity (Wildman–Crippen MR) is 105 cm³/mol. The maximum atomic E-state index is 12.2. The first kappa shape index (κ1) is 21.5. The van der Waals surface area contributed by atoms with Crippen LogP contribution in [0.15, 0.2) is 52.9 Å². The second kappa shape index (κ2) is 8.89. The van der Waals surface area contributed by atoms with Crippen LogP contribution in [0.5, 0.6) is 5.75 Å². The molecule has 0 radical (unpaired) electrons. The summed E-state index contributed by atoms with van der Waals surface area (Å²) < 4.78 is 10.5. The number of amides is 1. The first-order valence-corrected chi connectivity index (χ1v) is 8.04. The van der Waals surface area contributed by atoms with E-state index in [4.69, 9.17) is 25.4 Å². The summed E-state index contributed by atoms with van der Waals surface area (Å²) in [5.41, 5.74) is 6.06. The van der Waals surface area contributed by atoms with Crippen LogP contribution in [-0.4, -0.2) is 28.8 Å². The summed E-state index contributed by atoms with van der Waals surface area (Å²) >= 11 is 0. The number of nitrogen functional groups attached to an aromatic ring is 1. The highest BCUT2D eigenvalue weighted by Crippen LogP contribution is 2.23. The van der Waals surface area contributed by atoms with Crippen molar-refractivity contribution in [2.75, 3.05) is 0 Å². The number of carboxylic acid groups (broad SMARTS) is 1. The lowest BCUT2D eigenvalue weighted by atomic mass is 10.1. The molecule has 29 heavy (non-hydrogen) atoms. The number of carboxylic acids is 1. The van der Waals surface area contributed by atoms with Gasteiger partial charge in [0.15, 0.2) is 0 Å². The number of carbonyl (C=O) groups excluding carboxylic acids is 2. The van der Waals surface area contributed by atoms with E-state index in [-0.39, 0.29) is 36.3 Å². The zero-order chi connectivity index (χ0) is 20.3. The molecule has 0 fully saturated rings. The molecular formula is C19H16ClN3O6. The smallest absolute Gasteiger partial charge is 0.394 e. The second-order valence-corrected chi connectivity index (χ2v) is 5.78. The van der Waals surface area contributed by atoms with Crippen LogP contribution >= 0.6 is 12.4 Å². The van der Waals surface area contributed by atoms with Crippen molar-refractivity contribution in [1.29, 1.82) is 5.41 Å². The van der Waals surface area contributed by atoms with E-state index >= 15 is 0 Å². The third-order valence-electron chi connectivity index (χ3n) is 3.81. The zero-order valence-electron chi connectivity index (χ0n) is 14.8. The molecule has 0 aliphatic rings. The lowest BCUT2D eigenvalue weighted by Crippen LogP contribution is -2.29. The van der Waals surface area contributed by atoms with Gasteiger partial charge in [0, 0.05) is 5.56 Å². The number of benzene rings is 2. The van der Waals surface area contributed by atoms with Gasteiger partial charge in [0.05, 0.1) is 6.54 Å². The minimum Gasteiger partial charge on any atom is -0.474 e. The topological polar surface area (TPSA) is 156 Å². The van der Waals surface area contributed by atoms with Gasteiger partial charge in [-0.2, -0.15) is 0 Å². The molecule has 3 aromatic rings. The van der Waals surface area contributed by atoms with Gasteiger partial charge in [0.2, 0.25) is 5.76 Å². The Morgan fingerprint density at radius 2 is 1.76 bits per heavy atom. The summed E-state index contributed by atoms with van der Waals surface area (Å²) in [6.45, 7) is -0.174. The fourth-order valence-corrected chi connectivity index (χ4v) is 2.44. The Hall–Kier alpha value is -3.85. The summed E-state index contributed by atoms with van der Waals surface area (Å²) in [6.07, 6.45) is 0. The highest BCUT2D eigenvalue weighted by atomic mass is 35.5. The number of nitrogens with one attached hydrogen (secondary N) is 2. The lowest BCUT2D eigenvalue weighted by molar-refractivity contribution is -0.150. The van der Waals surface area contributed by atoms with E-state index in [1.165, 1.54) is 12.1 Å². The minimum absolute atomic E-state index is 0. The molecule has 1 heterocycles. The van der Waals surface area contributed by atoms with Crippen LogP contribution in [0.1, 0.15) is 21.9 Å². The van der Waals surface area contributed by atoms with Gasteiger partial charge >= 0.3 is 17.8 Å². The standard InChI is InChI=1S/C19H15N3O6.ClH/c20-16(21)12-2-1-11-8-13(4-3-10(11)7-12)28-19(26)15-6-5-14(27-15)9-22-17(23)18(24)25;/h1-8H,9H2,(H3,20,21)(H,22,23)(H,24,25);1H. The Bertz CT molecular complexity index is 1110. The van der Waals surface area contributed by atoms with Crippen molar-refractivity contribution in [1.82, 2.24) is 5.32 Å². The second-order valence-electron chi connectivity index (χ2n) is 5.78. The highest BCUT2D eigenvalue weighted by Gasteiger charge is 2.16. The number of esters is 1. The number of carbonyl (C=O) groups is 3. The number of rotatable bonds is 5. The van der Waals surface area contributed by atoms with E-state index in [1.807, 2.05) is 0 Å². The summed E-state index contributed by atoms with van der Waals surface area (Å²) in [5.74, 6) is -3.16. The van der Waals surface area contributed by atoms with Crippen molar-refractivity contribution in [2.45, 2.75) is 6.54 Å². The quantitative estimate of drug-likeness (QED) is 0.163. The van der Waals surface area contributed by atoms with Crippen molar-refractivity contribution in [3.8, 4) is 5.75 Å².